The molecule has 0 fully saturated rings. The molecule has 2 heterocycles. The Morgan fingerprint density at radius 1 is 1.09 bits per heavy atom. The largest absolute Gasteiger partial charge is 0.369 e. The average Bonchev–Trinajstić information content (AvgIpc) is 3.10. The second-order valence-corrected chi connectivity index (χ2v) is 7.18. The first-order valence-electron chi connectivity index (χ1n) is 6.80. The van der Waals surface area contributed by atoms with E-state index in [4.69, 9.17) is 5.26 Å². The molecule has 0 aliphatic rings. The van der Waals surface area contributed by atoms with Crippen LogP contribution in [-0.2, 0) is 0 Å². The van der Waals surface area contributed by atoms with Crippen LogP contribution >= 0.6 is 22.7 Å². The summed E-state index contributed by atoms with van der Waals surface area (Å²) in [6.45, 7) is 0. The van der Waals surface area contributed by atoms with E-state index in [1.54, 1.807) is 29.8 Å². The molecule has 1 aromatic carbocycles. The molecule has 0 radical (unpaired) electrons. The third kappa shape index (κ3) is 2.95. The second-order valence-electron chi connectivity index (χ2n) is 5.10. The summed E-state index contributed by atoms with van der Waals surface area (Å²) in [6, 6.07) is 14.0. The first-order chi connectivity index (χ1) is 11.1. The van der Waals surface area contributed by atoms with Gasteiger partial charge in [-0.3, -0.25) is 0 Å². The van der Waals surface area contributed by atoms with Crippen LogP contribution in [0.25, 0.3) is 19.8 Å². The zero-order valence-electron chi connectivity index (χ0n) is 12.6. The molecule has 23 heavy (non-hydrogen) atoms. The monoisotopic (exact) mass is 336 g/mol. The van der Waals surface area contributed by atoms with Crippen LogP contribution in [0.4, 0.5) is 5.00 Å². The Kier molecular flexibility index (Phi) is 4.12. The van der Waals surface area contributed by atoms with Gasteiger partial charge in [-0.2, -0.15) is 10.5 Å². The third-order valence-corrected chi connectivity index (χ3v) is 5.54. The highest BCUT2D eigenvalue weighted by Crippen LogP contribution is 2.44. The van der Waals surface area contributed by atoms with Crippen LogP contribution in [0.3, 0.4) is 0 Å². The maximum absolute atomic E-state index is 9.46. The van der Waals surface area contributed by atoms with E-state index >= 15 is 0 Å². The molecule has 4 nitrogen and oxygen atoms in total. The van der Waals surface area contributed by atoms with Gasteiger partial charge in [-0.15, -0.1) is 22.7 Å². The van der Waals surface area contributed by atoms with Gasteiger partial charge < -0.3 is 4.90 Å². The molecular weight excluding hydrogens is 324 g/mol. The number of thiophene rings is 2. The van der Waals surface area contributed by atoms with Gasteiger partial charge in [0.1, 0.15) is 16.6 Å². The molecule has 3 rings (SSSR count). The van der Waals surface area contributed by atoms with E-state index in [0.717, 1.165) is 24.8 Å². The smallest absolute Gasteiger partial charge is 0.137 e. The molecule has 0 aliphatic carbocycles. The molecule has 0 amide bonds. The number of aliphatic imine (C=N–C) groups is 1. The van der Waals surface area contributed by atoms with Gasteiger partial charge in [0.25, 0.3) is 0 Å². The molecule has 0 aliphatic heterocycles. The zero-order valence-corrected chi connectivity index (χ0v) is 14.2. The molecule has 2 aromatic heterocycles. The summed E-state index contributed by atoms with van der Waals surface area (Å²) < 4.78 is 2.04. The Balaban J connectivity index is 2.05. The Labute approximate surface area is 142 Å². The molecule has 6 heteroatoms. The van der Waals surface area contributed by atoms with Crippen molar-refractivity contribution in [1.82, 2.24) is 4.90 Å². The Hall–Kier alpha value is -2.67. The van der Waals surface area contributed by atoms with Gasteiger partial charge in [0.2, 0.25) is 0 Å². The molecule has 0 unspecified atom stereocenters. The van der Waals surface area contributed by atoms with Crippen molar-refractivity contribution >= 4 is 43.4 Å². The van der Waals surface area contributed by atoms with Crippen molar-refractivity contribution in [3.8, 4) is 22.6 Å². The fraction of sp³-hybridized carbons (Fsp3) is 0.118. The van der Waals surface area contributed by atoms with Crippen LogP contribution in [-0.4, -0.2) is 25.3 Å². The van der Waals surface area contributed by atoms with Gasteiger partial charge in [0.15, 0.2) is 0 Å². The van der Waals surface area contributed by atoms with Gasteiger partial charge in [0.05, 0.1) is 22.7 Å². The van der Waals surface area contributed by atoms with Crippen LogP contribution in [0.2, 0.25) is 0 Å². The van der Waals surface area contributed by atoms with Gasteiger partial charge in [-0.05, 0) is 23.8 Å². The third-order valence-electron chi connectivity index (χ3n) is 3.16. The van der Waals surface area contributed by atoms with E-state index in [9.17, 15) is 5.26 Å². The van der Waals surface area contributed by atoms with Crippen LogP contribution in [0.1, 0.15) is 11.1 Å². The predicted octanol–water partition coefficient (Wildman–Crippen LogP) is 4.59. The minimum atomic E-state index is 0.632. The van der Waals surface area contributed by atoms with Gasteiger partial charge in [-0.1, -0.05) is 12.1 Å². The van der Waals surface area contributed by atoms with Crippen LogP contribution < -0.4 is 0 Å². The highest BCUT2D eigenvalue weighted by Gasteiger charge is 2.15. The predicted molar refractivity (Wildman–Crippen MR) is 96.4 cm³/mol. The van der Waals surface area contributed by atoms with Crippen molar-refractivity contribution in [2.24, 2.45) is 4.99 Å². The Morgan fingerprint density at radius 3 is 2.43 bits per heavy atom. The van der Waals surface area contributed by atoms with Crippen LogP contribution in [0, 0.1) is 22.7 Å². The van der Waals surface area contributed by atoms with Crippen molar-refractivity contribution in [2.45, 2.75) is 0 Å². The SMILES string of the molecule is CN(C)C=Nc1sc2cc(-c3ccc(C#N)cc3)sc2c1C#N. The minimum absolute atomic E-state index is 0.632. The molecule has 3 aromatic rings. The molecule has 0 spiro atoms. The quantitative estimate of drug-likeness (QED) is 0.519. The molecule has 0 N–H and O–H groups in total. The summed E-state index contributed by atoms with van der Waals surface area (Å²) in [7, 11) is 3.79. The van der Waals surface area contributed by atoms with Crippen molar-refractivity contribution in [1.29, 1.82) is 10.5 Å². The van der Waals surface area contributed by atoms with Crippen molar-refractivity contribution in [3.05, 3.63) is 41.5 Å². The summed E-state index contributed by atoms with van der Waals surface area (Å²) in [4.78, 5) is 7.32. The van der Waals surface area contributed by atoms with E-state index in [2.05, 4.69) is 23.2 Å². The topological polar surface area (TPSA) is 63.2 Å². The van der Waals surface area contributed by atoms with E-state index < -0.39 is 0 Å². The second kappa shape index (κ2) is 6.21. The first kappa shape index (κ1) is 15.2. The lowest BCUT2D eigenvalue weighted by Crippen LogP contribution is -2.06. The summed E-state index contributed by atoms with van der Waals surface area (Å²) in [6.07, 6.45) is 1.71. The van der Waals surface area contributed by atoms with Gasteiger partial charge in [0, 0.05) is 23.7 Å². The maximum atomic E-state index is 9.46. The Bertz CT molecular complexity index is 963. The number of fused-ring (bicyclic) bond motifs is 1. The van der Waals surface area contributed by atoms with Crippen LogP contribution in [0.5, 0.6) is 0 Å². The molecule has 0 bridgehead atoms. The summed E-state index contributed by atoms with van der Waals surface area (Å²) >= 11 is 3.11. The van der Waals surface area contributed by atoms with E-state index in [1.807, 2.05) is 31.1 Å². The number of nitriles is 2. The van der Waals surface area contributed by atoms with Crippen molar-refractivity contribution in [2.75, 3.05) is 14.1 Å². The Morgan fingerprint density at radius 2 is 1.83 bits per heavy atom. The minimum Gasteiger partial charge on any atom is -0.369 e. The van der Waals surface area contributed by atoms with E-state index in [-0.39, 0.29) is 0 Å². The highest BCUT2D eigenvalue weighted by molar-refractivity contribution is 7.31. The van der Waals surface area contributed by atoms with E-state index in [1.165, 1.54) is 11.3 Å². The fourth-order valence-corrected chi connectivity index (χ4v) is 4.46. The maximum Gasteiger partial charge on any atom is 0.137 e. The molecule has 0 atom stereocenters. The molecular formula is C17H12N4S2. The highest BCUT2D eigenvalue weighted by atomic mass is 32.1. The van der Waals surface area contributed by atoms with E-state index in [0.29, 0.717) is 11.1 Å². The number of nitrogens with zero attached hydrogens (tertiary/aromatic N) is 4. The number of hydrogen-bond acceptors (Lipinski definition) is 5. The fourth-order valence-electron chi connectivity index (χ4n) is 2.09. The average molecular weight is 336 g/mol. The lowest BCUT2D eigenvalue weighted by atomic mass is 10.1. The lowest BCUT2D eigenvalue weighted by Gasteiger charge is -2.00. The molecule has 0 saturated heterocycles. The van der Waals surface area contributed by atoms with Crippen LogP contribution in [0.15, 0.2) is 35.3 Å². The van der Waals surface area contributed by atoms with Gasteiger partial charge in [-0.25, -0.2) is 4.99 Å². The summed E-state index contributed by atoms with van der Waals surface area (Å²) in [5, 5.41) is 19.1. The number of hydrogen-bond donors (Lipinski definition) is 0. The molecule has 112 valence electrons. The van der Waals surface area contributed by atoms with Crippen molar-refractivity contribution in [3.63, 3.8) is 0 Å². The summed E-state index contributed by atoms with van der Waals surface area (Å²) in [5.41, 5.74) is 2.33. The number of benzene rings is 1. The normalized spacial score (nSPS) is 10.8. The number of rotatable bonds is 3. The first-order valence-corrected chi connectivity index (χ1v) is 8.43. The zero-order chi connectivity index (χ0) is 16.4. The molecule has 0 saturated carbocycles. The van der Waals surface area contributed by atoms with Crippen molar-refractivity contribution < 1.29 is 0 Å². The summed E-state index contributed by atoms with van der Waals surface area (Å²) in [5.74, 6) is 0. The van der Waals surface area contributed by atoms with Gasteiger partial charge >= 0.3 is 0 Å². The standard InChI is InChI=1S/C17H12N4S2/c1-21(2)10-20-17-13(9-19)16-15(23-17)7-14(22-16)12-5-3-11(8-18)4-6-12/h3-7,10H,1-2H3. The lowest BCUT2D eigenvalue weighted by molar-refractivity contribution is 0.643.